The van der Waals surface area contributed by atoms with Crippen molar-refractivity contribution in [2.24, 2.45) is 0 Å². The van der Waals surface area contributed by atoms with E-state index in [0.29, 0.717) is 0 Å². The van der Waals surface area contributed by atoms with Gasteiger partial charge in [0.2, 0.25) is 0 Å². The van der Waals surface area contributed by atoms with Crippen molar-refractivity contribution in [3.8, 4) is 33.6 Å². The Bertz CT molecular complexity index is 6920. The van der Waals surface area contributed by atoms with Crippen molar-refractivity contribution < 1.29 is 0 Å². The molecule has 0 bridgehead atoms. The largest absolute Gasteiger partial charge is 0.311 e. The second kappa shape index (κ2) is 25.3. The third kappa shape index (κ3) is 10.1. The molecule has 16 aromatic carbocycles. The molecule has 18 aromatic rings. The molecule has 0 saturated carbocycles. The second-order valence-electron chi connectivity index (χ2n) is 38.8. The Morgan fingerprint density at radius 3 is 0.901 bits per heavy atom. The first-order chi connectivity index (χ1) is 58.6. The minimum absolute atomic E-state index is 0.0812. The van der Waals surface area contributed by atoms with Crippen LogP contribution in [0.1, 0.15) is 128 Å². The van der Waals surface area contributed by atoms with Crippen LogP contribution in [0.25, 0.3) is 77.2 Å². The number of hydrogen-bond acceptors (Lipinski definition) is 4. The third-order valence-electron chi connectivity index (χ3n) is 27.7. The van der Waals surface area contributed by atoms with Gasteiger partial charge in [-0.25, -0.2) is 0 Å². The van der Waals surface area contributed by atoms with Gasteiger partial charge in [0, 0.05) is 101 Å². The molecule has 6 nitrogen and oxygen atoms in total. The fourth-order valence-corrected chi connectivity index (χ4v) is 22.1. The lowest BCUT2D eigenvalue weighted by atomic mass is 9.33. The highest BCUT2D eigenvalue weighted by molar-refractivity contribution is 7.01. The third-order valence-corrected chi connectivity index (χ3v) is 27.7. The number of nitrogens with zero attached hydrogens (tertiary/aromatic N) is 6. The lowest BCUT2D eigenvalue weighted by Crippen LogP contribution is -2.61. The first kappa shape index (κ1) is 71.5. The van der Waals surface area contributed by atoms with Crippen molar-refractivity contribution >= 4 is 158 Å². The maximum atomic E-state index is 2.71. The maximum Gasteiger partial charge on any atom is 0.252 e. The van der Waals surface area contributed by atoms with E-state index < -0.39 is 5.41 Å². The van der Waals surface area contributed by atoms with Gasteiger partial charge in [0.25, 0.3) is 13.4 Å². The summed E-state index contributed by atoms with van der Waals surface area (Å²) in [6.07, 6.45) is 0. The van der Waals surface area contributed by atoms with Crippen LogP contribution in [0.3, 0.4) is 0 Å². The molecular weight excluding hydrogens is 1460 g/mol. The van der Waals surface area contributed by atoms with Crippen LogP contribution in [0.4, 0.5) is 68.2 Å². The van der Waals surface area contributed by atoms with Crippen LogP contribution in [0, 0.1) is 0 Å². The topological polar surface area (TPSA) is 22.8 Å². The van der Waals surface area contributed by atoms with Crippen LogP contribution in [0.5, 0.6) is 0 Å². The van der Waals surface area contributed by atoms with Gasteiger partial charge in [0.05, 0.1) is 27.8 Å². The average molecular weight is 1560 g/mol. The molecule has 0 saturated heterocycles. The van der Waals surface area contributed by atoms with Crippen LogP contribution in [0.2, 0.25) is 0 Å². The number of hydrogen-bond donors (Lipinski definition) is 0. The van der Waals surface area contributed by atoms with Crippen molar-refractivity contribution in [2.75, 3.05) is 19.6 Å². The highest BCUT2D eigenvalue weighted by atomic mass is 15.2. The zero-order valence-corrected chi connectivity index (χ0v) is 70.7. The molecule has 6 heterocycles. The molecule has 580 valence electrons. The van der Waals surface area contributed by atoms with Gasteiger partial charge in [-0.05, 0) is 267 Å². The molecule has 6 aliphatic rings. The smallest absolute Gasteiger partial charge is 0.252 e. The number of fused-ring (bicyclic) bond motifs is 24. The Hall–Kier alpha value is -13.6. The number of aromatic nitrogens is 2. The van der Waals surface area contributed by atoms with E-state index >= 15 is 0 Å². The molecule has 1 spiro atoms. The van der Waals surface area contributed by atoms with Crippen molar-refractivity contribution in [1.82, 2.24) is 9.13 Å². The molecule has 0 unspecified atom stereocenters. The molecular formula is C113H92B2N6. The van der Waals surface area contributed by atoms with Gasteiger partial charge >= 0.3 is 0 Å². The normalized spacial score (nSPS) is 14.1. The number of anilines is 12. The summed E-state index contributed by atoms with van der Waals surface area (Å²) >= 11 is 0. The number of para-hydroxylation sites is 6. The van der Waals surface area contributed by atoms with E-state index in [4.69, 9.17) is 0 Å². The van der Waals surface area contributed by atoms with Gasteiger partial charge in [-0.3, -0.25) is 0 Å². The molecule has 121 heavy (non-hydrogen) atoms. The Kier molecular flexibility index (Phi) is 14.9. The summed E-state index contributed by atoms with van der Waals surface area (Å²) in [7, 11) is 0. The molecule has 2 aromatic heterocycles. The minimum Gasteiger partial charge on any atom is -0.311 e. The highest BCUT2D eigenvalue weighted by Crippen LogP contribution is 2.65. The molecule has 0 amide bonds. The predicted octanol–water partition coefficient (Wildman–Crippen LogP) is 25.6. The standard InChI is InChI=1S/C113H92B2N6/c1-109(2,3)69-51-53-97-85(55-69)87-57-71(111(7,8)9)59-95-107(87)120(97)103-63-79(116(73-35-19-13-20-36-73)74-37-21-14-22-38-74)61-101-105(103)114(95)93-65-83-81-47-31-33-49-89(81)113(91(83)67-99(93)118(101)77-43-27-17-28-44-77)90-50-34-32-48-82(90)84-66-94-100(68-92(84)113)119(78-45-29-18-30-46-78)102-62-80(117(75-39-23-15-24-40-75)76-41-25-16-26-42-76)64-104-106(102)115(94)96-60-72(112(10,11)12)58-88-86-56-70(110(4,5)6)52-54-98(86)121(104)108(88)96/h13-68H,1-12H3. The lowest BCUT2D eigenvalue weighted by Gasteiger charge is -2.43. The minimum atomic E-state index is -0.811. The van der Waals surface area contributed by atoms with Gasteiger partial charge in [-0.15, -0.1) is 0 Å². The van der Waals surface area contributed by atoms with Gasteiger partial charge in [-0.2, -0.15) is 0 Å². The Morgan fingerprint density at radius 1 is 0.240 bits per heavy atom. The monoisotopic (exact) mass is 1550 g/mol. The average Bonchev–Trinajstić information content (AvgIpc) is 1.50. The predicted molar refractivity (Wildman–Crippen MR) is 514 cm³/mol. The van der Waals surface area contributed by atoms with E-state index in [-0.39, 0.29) is 35.1 Å². The molecule has 4 aliphatic heterocycles. The molecule has 0 radical (unpaired) electrons. The number of rotatable bonds is 8. The van der Waals surface area contributed by atoms with Crippen molar-refractivity contribution in [1.29, 1.82) is 0 Å². The quantitative estimate of drug-likeness (QED) is 0.141. The Morgan fingerprint density at radius 2 is 0.554 bits per heavy atom. The molecule has 0 fully saturated rings. The van der Waals surface area contributed by atoms with Gasteiger partial charge in [0.15, 0.2) is 0 Å². The van der Waals surface area contributed by atoms with E-state index in [1.807, 2.05) is 0 Å². The van der Waals surface area contributed by atoms with Crippen LogP contribution in [0.15, 0.2) is 340 Å². The van der Waals surface area contributed by atoms with Gasteiger partial charge < -0.3 is 28.7 Å². The van der Waals surface area contributed by atoms with Crippen LogP contribution in [-0.4, -0.2) is 22.6 Å². The maximum absolute atomic E-state index is 2.71. The summed E-state index contributed by atoms with van der Waals surface area (Å²) in [5, 5.41) is 5.16. The van der Waals surface area contributed by atoms with Crippen molar-refractivity contribution in [3.05, 3.63) is 384 Å². The van der Waals surface area contributed by atoms with E-state index in [9.17, 15) is 0 Å². The van der Waals surface area contributed by atoms with Crippen LogP contribution in [-0.2, 0) is 27.1 Å². The van der Waals surface area contributed by atoms with E-state index in [1.165, 1.54) is 166 Å². The SMILES string of the molecule is CC(C)(C)c1ccc2c(c1)c1cc(C(C)(C)C)cc3c1n2-c1cc(N(c2ccccc2)c2ccccc2)cc2c1B3c1cc3c(cc1N2c1ccccc1)C1(c2ccccc2-3)c2ccccc2-c2cc3c(cc21)N(c1ccccc1)c1cc(N(c2ccccc2)c2ccccc2)cc2c1B3c1cc(C(C)(C)C)cc3c4cc(C(C)(C)C)ccc4n-2c13. The summed E-state index contributed by atoms with van der Waals surface area (Å²) in [5.41, 5.74) is 42.8. The molecule has 0 atom stereocenters. The van der Waals surface area contributed by atoms with Gasteiger partial charge in [0.1, 0.15) is 0 Å². The first-order valence-corrected chi connectivity index (χ1v) is 43.3. The molecule has 8 heteroatoms. The van der Waals surface area contributed by atoms with E-state index in [1.54, 1.807) is 0 Å². The van der Waals surface area contributed by atoms with Crippen molar-refractivity contribution in [2.45, 2.75) is 110 Å². The summed E-state index contributed by atoms with van der Waals surface area (Å²) in [4.78, 5) is 10.3. The van der Waals surface area contributed by atoms with Gasteiger partial charge in [-0.1, -0.05) is 277 Å². The molecule has 24 rings (SSSR count). The van der Waals surface area contributed by atoms with E-state index in [0.717, 1.165) is 56.9 Å². The number of benzene rings is 16. The highest BCUT2D eigenvalue weighted by Gasteiger charge is 2.56. The van der Waals surface area contributed by atoms with Crippen LogP contribution >= 0.6 is 0 Å². The van der Waals surface area contributed by atoms with E-state index in [2.05, 4.69) is 452 Å². The zero-order chi connectivity index (χ0) is 81.8. The van der Waals surface area contributed by atoms with Crippen LogP contribution < -0.4 is 52.4 Å². The summed E-state index contributed by atoms with van der Waals surface area (Å²) in [5.74, 6) is 0. The fraction of sp³-hybridized carbons (Fsp3) is 0.150. The van der Waals surface area contributed by atoms with Crippen molar-refractivity contribution in [3.63, 3.8) is 0 Å². The molecule has 2 aliphatic carbocycles. The zero-order valence-electron chi connectivity index (χ0n) is 70.7. The lowest BCUT2D eigenvalue weighted by molar-refractivity contribution is 0.590. The summed E-state index contributed by atoms with van der Waals surface area (Å²) in [6.45, 7) is 28.2. The molecule has 0 N–H and O–H groups in total. The Balaban J connectivity index is 0.824. The Labute approximate surface area is 710 Å². The summed E-state index contributed by atoms with van der Waals surface area (Å²) in [6, 6.07) is 132. The fourth-order valence-electron chi connectivity index (χ4n) is 22.1. The first-order valence-electron chi connectivity index (χ1n) is 43.3. The second-order valence-corrected chi connectivity index (χ2v) is 38.8. The summed E-state index contributed by atoms with van der Waals surface area (Å²) < 4.78 is 5.34.